The summed E-state index contributed by atoms with van der Waals surface area (Å²) in [4.78, 5) is 23.6. The van der Waals surface area contributed by atoms with E-state index < -0.39 is 4.92 Å². The van der Waals surface area contributed by atoms with E-state index in [0.29, 0.717) is 6.29 Å². The molecule has 2 aliphatic heterocycles. The normalized spacial score (nSPS) is 28.4. The Morgan fingerprint density at radius 2 is 1.95 bits per heavy atom. The Bertz CT molecular complexity index is 546. The van der Waals surface area contributed by atoms with Gasteiger partial charge in [-0.05, 0) is 37.8 Å². The lowest BCUT2D eigenvalue weighted by atomic mass is 9.98. The number of piperidine rings is 1. The highest BCUT2D eigenvalue weighted by Crippen LogP contribution is 2.40. The molecule has 0 spiro atoms. The topological polar surface area (TPSA) is 83.7 Å². The number of rotatable bonds is 3. The monoisotopic (exact) mass is 276 g/mol. The number of fused-ring (bicyclic) bond motifs is 2. The van der Waals surface area contributed by atoms with E-state index >= 15 is 0 Å². The van der Waals surface area contributed by atoms with Gasteiger partial charge in [0.05, 0.1) is 16.6 Å². The number of aldehydes is 1. The van der Waals surface area contributed by atoms with Crippen LogP contribution >= 0.6 is 0 Å². The third kappa shape index (κ3) is 2.06. The summed E-state index contributed by atoms with van der Waals surface area (Å²) in [6.45, 7) is 0. The largest absolute Gasteiger partial charge is 0.393 e. The average molecular weight is 276 g/mol. The maximum Gasteiger partial charge on any atom is 0.280 e. The van der Waals surface area contributed by atoms with Crippen molar-refractivity contribution in [1.29, 1.82) is 0 Å². The van der Waals surface area contributed by atoms with Crippen molar-refractivity contribution in [3.05, 3.63) is 33.9 Å². The number of nitrogens with zero attached hydrogens (tertiary/aromatic N) is 2. The molecule has 0 radical (unpaired) electrons. The minimum Gasteiger partial charge on any atom is -0.393 e. The van der Waals surface area contributed by atoms with E-state index in [1.807, 2.05) is 0 Å². The van der Waals surface area contributed by atoms with E-state index in [9.17, 15) is 20.0 Å². The van der Waals surface area contributed by atoms with Crippen LogP contribution in [0.2, 0.25) is 0 Å². The van der Waals surface area contributed by atoms with Crippen molar-refractivity contribution in [3.63, 3.8) is 0 Å². The number of nitro benzene ring substituents is 1. The SMILES string of the molecule is O=Cc1cc(N2C3CCC2CC(O)C3)ccc1[N+](=O)[O-]. The molecule has 2 saturated heterocycles. The molecule has 0 aliphatic carbocycles. The fourth-order valence-electron chi connectivity index (χ4n) is 3.53. The minimum atomic E-state index is -0.540. The van der Waals surface area contributed by atoms with Gasteiger partial charge in [0.15, 0.2) is 6.29 Å². The highest BCUT2D eigenvalue weighted by Gasteiger charge is 2.40. The maximum atomic E-state index is 11.0. The molecule has 6 nitrogen and oxygen atoms in total. The van der Waals surface area contributed by atoms with Crippen molar-refractivity contribution in [1.82, 2.24) is 0 Å². The number of nitro groups is 1. The van der Waals surface area contributed by atoms with Gasteiger partial charge in [-0.15, -0.1) is 0 Å². The molecule has 1 N–H and O–H groups in total. The first-order valence-corrected chi connectivity index (χ1v) is 6.80. The zero-order valence-corrected chi connectivity index (χ0v) is 10.9. The fourth-order valence-corrected chi connectivity index (χ4v) is 3.53. The molecule has 2 aliphatic rings. The Morgan fingerprint density at radius 3 is 2.50 bits per heavy atom. The van der Waals surface area contributed by atoms with E-state index in [1.54, 1.807) is 12.1 Å². The summed E-state index contributed by atoms with van der Waals surface area (Å²) in [7, 11) is 0. The van der Waals surface area contributed by atoms with Gasteiger partial charge in [-0.25, -0.2) is 0 Å². The van der Waals surface area contributed by atoms with Gasteiger partial charge >= 0.3 is 0 Å². The number of aliphatic hydroxyl groups excluding tert-OH is 1. The van der Waals surface area contributed by atoms with E-state index in [1.165, 1.54) is 6.07 Å². The zero-order chi connectivity index (χ0) is 14.3. The molecule has 0 saturated carbocycles. The molecule has 1 aromatic carbocycles. The second-order valence-electron chi connectivity index (χ2n) is 5.54. The Balaban J connectivity index is 1.95. The lowest BCUT2D eigenvalue weighted by Crippen LogP contribution is -2.44. The Kier molecular flexibility index (Phi) is 3.17. The molecule has 106 valence electrons. The molecular formula is C14H16N2O4. The van der Waals surface area contributed by atoms with Crippen molar-refractivity contribution in [3.8, 4) is 0 Å². The number of carbonyl (C=O) groups is 1. The lowest BCUT2D eigenvalue weighted by molar-refractivity contribution is -0.385. The Hall–Kier alpha value is -1.95. The first kappa shape index (κ1) is 13.1. The third-order valence-corrected chi connectivity index (χ3v) is 4.34. The van der Waals surface area contributed by atoms with Crippen LogP contribution in [0.3, 0.4) is 0 Å². The van der Waals surface area contributed by atoms with E-state index in [0.717, 1.165) is 31.4 Å². The van der Waals surface area contributed by atoms with Crippen LogP contribution in [0.4, 0.5) is 11.4 Å². The maximum absolute atomic E-state index is 11.0. The molecule has 2 heterocycles. The molecule has 6 heteroatoms. The number of aliphatic hydroxyl groups is 1. The van der Waals surface area contributed by atoms with Crippen LogP contribution < -0.4 is 4.90 Å². The summed E-state index contributed by atoms with van der Waals surface area (Å²) in [5, 5.41) is 20.7. The summed E-state index contributed by atoms with van der Waals surface area (Å²) < 4.78 is 0. The van der Waals surface area contributed by atoms with Gasteiger partial charge in [0.1, 0.15) is 0 Å². The predicted octanol–water partition coefficient (Wildman–Crippen LogP) is 1.90. The van der Waals surface area contributed by atoms with Gasteiger partial charge in [0.2, 0.25) is 0 Å². The molecular weight excluding hydrogens is 260 g/mol. The number of benzene rings is 1. The molecule has 20 heavy (non-hydrogen) atoms. The molecule has 0 amide bonds. The summed E-state index contributed by atoms with van der Waals surface area (Å²) >= 11 is 0. The van der Waals surface area contributed by atoms with Gasteiger partial charge in [-0.1, -0.05) is 0 Å². The standard InChI is InChI=1S/C14H16N2O4/c17-8-9-5-10(3-4-14(9)16(19)20)15-11-1-2-12(15)7-13(18)6-11/h3-5,8,11-13,18H,1-2,6-7H2. The second-order valence-corrected chi connectivity index (χ2v) is 5.54. The molecule has 2 fully saturated rings. The van der Waals surface area contributed by atoms with Crippen molar-refractivity contribution in [2.75, 3.05) is 4.90 Å². The van der Waals surface area contributed by atoms with Crippen LogP contribution in [-0.2, 0) is 0 Å². The van der Waals surface area contributed by atoms with Crippen LogP contribution in [-0.4, -0.2) is 34.5 Å². The molecule has 3 rings (SSSR count). The van der Waals surface area contributed by atoms with Crippen LogP contribution in [0, 0.1) is 10.1 Å². The van der Waals surface area contributed by atoms with Crippen LogP contribution in [0.15, 0.2) is 18.2 Å². The number of hydrogen-bond donors (Lipinski definition) is 1. The van der Waals surface area contributed by atoms with Crippen molar-refractivity contribution in [2.45, 2.75) is 43.9 Å². The van der Waals surface area contributed by atoms with Crippen molar-refractivity contribution >= 4 is 17.7 Å². The molecule has 2 atom stereocenters. The second kappa shape index (κ2) is 4.86. The Labute approximate surface area is 116 Å². The lowest BCUT2D eigenvalue weighted by Gasteiger charge is -2.39. The van der Waals surface area contributed by atoms with Crippen molar-refractivity contribution < 1.29 is 14.8 Å². The van der Waals surface area contributed by atoms with Crippen LogP contribution in [0.5, 0.6) is 0 Å². The van der Waals surface area contributed by atoms with Crippen molar-refractivity contribution in [2.24, 2.45) is 0 Å². The highest BCUT2D eigenvalue weighted by molar-refractivity contribution is 5.83. The summed E-state index contributed by atoms with van der Waals surface area (Å²) in [6.07, 6.45) is 3.77. The van der Waals surface area contributed by atoms with Gasteiger partial charge < -0.3 is 10.0 Å². The summed E-state index contributed by atoms with van der Waals surface area (Å²) in [6, 6.07) is 5.22. The summed E-state index contributed by atoms with van der Waals surface area (Å²) in [5.74, 6) is 0. The van der Waals surface area contributed by atoms with Gasteiger partial charge in [0.25, 0.3) is 5.69 Å². The average Bonchev–Trinajstić information content (AvgIpc) is 2.70. The van der Waals surface area contributed by atoms with Crippen LogP contribution in [0.1, 0.15) is 36.0 Å². The molecule has 0 aromatic heterocycles. The van der Waals surface area contributed by atoms with E-state index in [-0.39, 0.29) is 29.4 Å². The van der Waals surface area contributed by atoms with Gasteiger partial charge in [-0.3, -0.25) is 14.9 Å². The van der Waals surface area contributed by atoms with E-state index in [2.05, 4.69) is 4.90 Å². The third-order valence-electron chi connectivity index (χ3n) is 4.34. The quantitative estimate of drug-likeness (QED) is 0.518. The first-order chi connectivity index (χ1) is 9.60. The predicted molar refractivity (Wildman–Crippen MR) is 73.0 cm³/mol. The molecule has 2 bridgehead atoms. The van der Waals surface area contributed by atoms with Gasteiger partial charge in [-0.2, -0.15) is 0 Å². The molecule has 2 unspecified atom stereocenters. The summed E-state index contributed by atoms with van der Waals surface area (Å²) in [5.41, 5.74) is 0.795. The van der Waals surface area contributed by atoms with E-state index in [4.69, 9.17) is 0 Å². The first-order valence-electron chi connectivity index (χ1n) is 6.80. The zero-order valence-electron chi connectivity index (χ0n) is 10.9. The Morgan fingerprint density at radius 1 is 1.30 bits per heavy atom. The number of anilines is 1. The number of carbonyl (C=O) groups excluding carboxylic acids is 1. The minimum absolute atomic E-state index is 0.109. The fraction of sp³-hybridized carbons (Fsp3) is 0.500. The smallest absolute Gasteiger partial charge is 0.280 e. The van der Waals surface area contributed by atoms with Gasteiger partial charge in [0, 0.05) is 23.8 Å². The number of hydrogen-bond acceptors (Lipinski definition) is 5. The highest BCUT2D eigenvalue weighted by atomic mass is 16.6. The molecule has 1 aromatic rings. The van der Waals surface area contributed by atoms with Crippen LogP contribution in [0.25, 0.3) is 0 Å².